The van der Waals surface area contributed by atoms with E-state index in [1.54, 1.807) is 12.4 Å². The molecule has 7 nitrogen and oxygen atoms in total. The fourth-order valence-corrected chi connectivity index (χ4v) is 10.3. The Morgan fingerprint density at radius 2 is 1.55 bits per heavy atom. The molecule has 1 aliphatic heterocycles. The van der Waals surface area contributed by atoms with Crippen LogP contribution in [-0.4, -0.2) is 56.5 Å². The summed E-state index contributed by atoms with van der Waals surface area (Å²) < 4.78 is 0. The number of likely N-dealkylation sites (tertiary alicyclic amines) is 1. The van der Waals surface area contributed by atoms with Gasteiger partial charge >= 0.3 is 0 Å². The van der Waals surface area contributed by atoms with Gasteiger partial charge in [-0.25, -0.2) is 4.98 Å². The van der Waals surface area contributed by atoms with Crippen molar-refractivity contribution < 1.29 is 9.59 Å². The molecule has 0 bridgehead atoms. The molecule has 0 spiro atoms. The Bertz CT molecular complexity index is 1440. The van der Waals surface area contributed by atoms with Gasteiger partial charge in [-0.05, 0) is 72.0 Å². The number of carbonyl (C=O) groups is 1. The van der Waals surface area contributed by atoms with Crippen LogP contribution in [0, 0.1) is 18.8 Å². The number of rotatable bonds is 8. The van der Waals surface area contributed by atoms with E-state index < -0.39 is 8.32 Å². The van der Waals surface area contributed by atoms with Crippen molar-refractivity contribution in [2.45, 2.75) is 57.5 Å². The van der Waals surface area contributed by atoms with Gasteiger partial charge in [-0.15, -0.1) is 4.80 Å². The van der Waals surface area contributed by atoms with Crippen molar-refractivity contribution in [3.05, 3.63) is 96.6 Å². The highest BCUT2D eigenvalue weighted by Crippen LogP contribution is 2.49. The average Bonchev–Trinajstić information content (AvgIpc) is 3.53. The molecule has 0 radical (unpaired) electrons. The highest BCUT2D eigenvalue weighted by molar-refractivity contribution is 6.98. The zero-order valence-corrected chi connectivity index (χ0v) is 24.4. The summed E-state index contributed by atoms with van der Waals surface area (Å²) >= 11 is 0. The molecule has 206 valence electrons. The molecule has 1 amide bonds. The number of benzene rings is 2. The molecule has 1 saturated heterocycles. The highest BCUT2D eigenvalue weighted by Gasteiger charge is 2.52. The molecule has 2 aromatic heterocycles. The summed E-state index contributed by atoms with van der Waals surface area (Å²) in [5, 5.41) is 10.2. The van der Waals surface area contributed by atoms with Crippen LogP contribution in [-0.2, 0) is 0 Å². The molecule has 3 heterocycles. The second-order valence-electron chi connectivity index (χ2n) is 12.1. The molecule has 2 aliphatic rings. The van der Waals surface area contributed by atoms with Crippen LogP contribution in [0.25, 0.3) is 5.69 Å². The highest BCUT2D eigenvalue weighted by atomic mass is 28.4. The lowest BCUT2D eigenvalue weighted by Crippen LogP contribution is -2.65. The lowest BCUT2D eigenvalue weighted by atomic mass is 9.93. The first kappa shape index (κ1) is 26.6. The number of piperidine rings is 1. The number of hydrogen-bond donors (Lipinski definition) is 1. The van der Waals surface area contributed by atoms with Crippen LogP contribution in [0.15, 0.2) is 85.2 Å². The van der Waals surface area contributed by atoms with E-state index in [9.17, 15) is 9.59 Å². The molecule has 6 rings (SSSR count). The van der Waals surface area contributed by atoms with E-state index in [0.717, 1.165) is 41.9 Å². The van der Waals surface area contributed by atoms with Crippen molar-refractivity contribution in [2.75, 3.05) is 6.54 Å². The molecule has 2 aromatic carbocycles. The van der Waals surface area contributed by atoms with Crippen molar-refractivity contribution in [3.8, 4) is 5.69 Å². The Kier molecular flexibility index (Phi) is 6.92. The summed E-state index contributed by atoms with van der Waals surface area (Å²) in [4.78, 5) is 35.0. The van der Waals surface area contributed by atoms with Gasteiger partial charge in [0.1, 0.15) is 5.69 Å². The number of fused-ring (bicyclic) bond motifs is 1. The molecule has 2 fully saturated rings. The Balaban J connectivity index is 1.30. The fourth-order valence-electron chi connectivity index (χ4n) is 6.58. The van der Waals surface area contributed by atoms with Gasteiger partial charge in [0, 0.05) is 18.3 Å². The molecule has 1 aliphatic carbocycles. The zero-order chi connectivity index (χ0) is 27.9. The summed E-state index contributed by atoms with van der Waals surface area (Å²) in [6, 6.07) is 24.2. The molecule has 40 heavy (non-hydrogen) atoms. The van der Waals surface area contributed by atoms with Crippen LogP contribution >= 0.6 is 0 Å². The number of amides is 1. The summed E-state index contributed by atoms with van der Waals surface area (Å²) in [6.45, 7) is 7.08. The summed E-state index contributed by atoms with van der Waals surface area (Å²) in [6.07, 6.45) is 7.05. The predicted octanol–water partition coefficient (Wildman–Crippen LogP) is 4.13. The van der Waals surface area contributed by atoms with Crippen LogP contribution in [0.5, 0.6) is 0 Å². The van der Waals surface area contributed by atoms with Gasteiger partial charge in [0.2, 0.25) is 0 Å². The number of aryl methyl sites for hydroxylation is 1. The molecule has 8 heteroatoms. The fraction of sp³-hybridized carbons (Fsp3) is 0.375. The van der Waals surface area contributed by atoms with Gasteiger partial charge in [0.15, 0.2) is 5.69 Å². The van der Waals surface area contributed by atoms with Crippen LogP contribution in [0.3, 0.4) is 0 Å². The quantitative estimate of drug-likeness (QED) is 0.333. The molecular weight excluding hydrogens is 514 g/mol. The van der Waals surface area contributed by atoms with Gasteiger partial charge in [0.05, 0.1) is 12.4 Å². The van der Waals surface area contributed by atoms with E-state index in [1.165, 1.54) is 11.2 Å². The summed E-state index contributed by atoms with van der Waals surface area (Å²) in [7, 11) is -3.12. The van der Waals surface area contributed by atoms with Crippen molar-refractivity contribution in [3.63, 3.8) is 0 Å². The van der Waals surface area contributed by atoms with Crippen LogP contribution in [0.1, 0.15) is 55.7 Å². The number of hydrogen-bond acceptors (Lipinski definition) is 5. The van der Waals surface area contributed by atoms with Gasteiger partial charge < -0.3 is 9.70 Å². The number of aromatic nitrogens is 4. The minimum absolute atomic E-state index is 0.0530. The largest absolute Gasteiger partial charge is 0.424 e. The number of carbonyl (C=O) groups excluding carboxylic acids is 1. The predicted molar refractivity (Wildman–Crippen MR) is 158 cm³/mol. The first-order chi connectivity index (χ1) is 19.3. The number of pyridine rings is 1. The van der Waals surface area contributed by atoms with E-state index in [2.05, 4.69) is 58.2 Å². The van der Waals surface area contributed by atoms with E-state index in [1.807, 2.05) is 55.5 Å². The topological polar surface area (TPSA) is 84.1 Å². The molecule has 1 saturated carbocycles. The Morgan fingerprint density at radius 3 is 2.17 bits per heavy atom. The van der Waals surface area contributed by atoms with Crippen molar-refractivity contribution in [1.82, 2.24) is 24.9 Å². The lowest BCUT2D eigenvalue weighted by molar-refractivity contribution is 0.0573. The minimum Gasteiger partial charge on any atom is -0.424 e. The third-order valence-corrected chi connectivity index (χ3v) is 13.6. The molecule has 1 N–H and O–H groups in total. The molecule has 4 aromatic rings. The standard InChI is InChI=1S/C32H37N5O2Si/c1-23-14-15-29(37-33-18-19-34-37)30(35-23)31(38)36-22-25-20-24(25)21-26(36)16-17-32(2,3)40(39,27-10-6-4-7-11-27)28-12-8-5-9-13-28/h4-15,18-19,24-26,39H,16-17,20-22H2,1-3H3/t24-,25+,26-/m1/s1. The smallest absolute Gasteiger partial charge is 0.275 e. The molecule has 3 atom stereocenters. The Morgan fingerprint density at radius 1 is 0.925 bits per heavy atom. The maximum Gasteiger partial charge on any atom is 0.275 e. The van der Waals surface area contributed by atoms with E-state index >= 15 is 0 Å². The second-order valence-corrected chi connectivity index (χ2v) is 16.0. The maximum absolute atomic E-state index is 14.2. The summed E-state index contributed by atoms with van der Waals surface area (Å²) in [5.74, 6) is 1.21. The normalized spacial score (nSPS) is 20.7. The van der Waals surface area contributed by atoms with Gasteiger partial charge in [-0.3, -0.25) is 4.79 Å². The first-order valence-electron chi connectivity index (χ1n) is 14.3. The van der Waals surface area contributed by atoms with Gasteiger partial charge in [0.25, 0.3) is 14.2 Å². The van der Waals surface area contributed by atoms with Crippen molar-refractivity contribution in [1.29, 1.82) is 0 Å². The van der Waals surface area contributed by atoms with Gasteiger partial charge in [-0.1, -0.05) is 74.5 Å². The van der Waals surface area contributed by atoms with Crippen LogP contribution in [0.2, 0.25) is 5.04 Å². The third-order valence-electron chi connectivity index (χ3n) is 9.09. The van der Waals surface area contributed by atoms with Crippen LogP contribution in [0.4, 0.5) is 0 Å². The zero-order valence-electron chi connectivity index (χ0n) is 23.4. The third kappa shape index (κ3) is 4.79. The van der Waals surface area contributed by atoms with E-state index in [0.29, 0.717) is 23.2 Å². The van der Waals surface area contributed by atoms with Gasteiger partial charge in [-0.2, -0.15) is 10.2 Å². The molecule has 0 unspecified atom stereocenters. The van der Waals surface area contributed by atoms with Crippen molar-refractivity contribution in [2.24, 2.45) is 11.8 Å². The monoisotopic (exact) mass is 551 g/mol. The van der Waals surface area contributed by atoms with Crippen LogP contribution < -0.4 is 10.4 Å². The van der Waals surface area contributed by atoms with Crippen molar-refractivity contribution >= 4 is 24.6 Å². The second kappa shape index (κ2) is 10.4. The van der Waals surface area contributed by atoms with E-state index in [4.69, 9.17) is 0 Å². The Hall–Kier alpha value is -3.62. The first-order valence-corrected chi connectivity index (χ1v) is 16.2. The summed E-state index contributed by atoms with van der Waals surface area (Å²) in [5.41, 5.74) is 1.80. The Labute approximate surface area is 237 Å². The maximum atomic E-state index is 14.2. The minimum atomic E-state index is -3.12. The van der Waals surface area contributed by atoms with E-state index in [-0.39, 0.29) is 17.0 Å². The lowest BCUT2D eigenvalue weighted by Gasteiger charge is -2.43. The average molecular weight is 552 g/mol. The SMILES string of the molecule is Cc1ccc(-n2nccn2)c(C(=O)N2C[C@@H]3C[C@@H]3C[C@H]2CCC(C)(C)[Si](O)(c2ccccc2)c2ccccc2)n1. The number of nitrogens with zero attached hydrogens (tertiary/aromatic N) is 5. The molecular formula is C32H37N5O2Si.